The van der Waals surface area contributed by atoms with Crippen LogP contribution in [0.2, 0.25) is 5.02 Å². The van der Waals surface area contributed by atoms with Gasteiger partial charge in [-0.15, -0.1) is 11.5 Å². The molecule has 0 radical (unpaired) electrons. The fraction of sp³-hybridized carbons (Fsp3) is 0.333. The van der Waals surface area contributed by atoms with Gasteiger partial charge in [0.25, 0.3) is 0 Å². The molecule has 0 saturated heterocycles. The summed E-state index contributed by atoms with van der Waals surface area (Å²) in [6, 6.07) is 3.55. The number of rotatable bonds is 4. The van der Waals surface area contributed by atoms with Crippen LogP contribution < -0.4 is 5.32 Å². The number of terminal acetylenes is 1. The molecule has 1 unspecified atom stereocenters. The Morgan fingerprint density at radius 3 is 3.12 bits per heavy atom. The quantitative estimate of drug-likeness (QED) is 0.846. The Kier molecular flexibility index (Phi) is 3.50. The summed E-state index contributed by atoms with van der Waals surface area (Å²) in [5.74, 6) is 3.21. The number of halogens is 1. The molecule has 17 heavy (non-hydrogen) atoms. The van der Waals surface area contributed by atoms with Crippen LogP contribution in [-0.2, 0) is 0 Å². The van der Waals surface area contributed by atoms with Crippen molar-refractivity contribution >= 4 is 23.2 Å². The summed E-state index contributed by atoms with van der Waals surface area (Å²) in [4.78, 5) is 4.31. The smallest absolute Gasteiger partial charge is 0.244 e. The maximum atomic E-state index is 5.87. The summed E-state index contributed by atoms with van der Waals surface area (Å²) in [5, 5.41) is 8.00. The number of nitrogens with one attached hydrogen (secondary N) is 1. The van der Waals surface area contributed by atoms with Crippen LogP contribution in [0.25, 0.3) is 5.65 Å². The van der Waals surface area contributed by atoms with Crippen molar-refractivity contribution in [1.82, 2.24) is 14.6 Å². The zero-order valence-electron chi connectivity index (χ0n) is 9.52. The first kappa shape index (κ1) is 11.7. The van der Waals surface area contributed by atoms with Gasteiger partial charge in [-0.25, -0.2) is 4.52 Å². The molecule has 2 heterocycles. The molecule has 0 amide bonds. The fourth-order valence-corrected chi connectivity index (χ4v) is 1.72. The van der Waals surface area contributed by atoms with Crippen molar-refractivity contribution in [3.8, 4) is 12.3 Å². The van der Waals surface area contributed by atoms with Crippen molar-refractivity contribution in [2.75, 3.05) is 5.32 Å². The van der Waals surface area contributed by atoms with Crippen molar-refractivity contribution in [2.24, 2.45) is 0 Å². The second-order valence-electron chi connectivity index (χ2n) is 3.74. The first-order valence-corrected chi connectivity index (χ1v) is 5.85. The average molecular weight is 249 g/mol. The number of fused-ring (bicyclic) bond motifs is 1. The van der Waals surface area contributed by atoms with E-state index in [2.05, 4.69) is 28.2 Å². The molecule has 2 aromatic heterocycles. The molecule has 0 aromatic carbocycles. The third kappa shape index (κ3) is 2.69. The minimum absolute atomic E-state index is 0.0344. The topological polar surface area (TPSA) is 42.2 Å². The summed E-state index contributed by atoms with van der Waals surface area (Å²) >= 11 is 5.87. The molecule has 1 atom stereocenters. The second-order valence-corrected chi connectivity index (χ2v) is 4.17. The number of hydrogen-bond donors (Lipinski definition) is 1. The molecule has 88 valence electrons. The third-order valence-corrected chi connectivity index (χ3v) is 2.60. The van der Waals surface area contributed by atoms with Crippen LogP contribution in [-0.4, -0.2) is 20.6 Å². The van der Waals surface area contributed by atoms with Crippen LogP contribution in [0.1, 0.15) is 19.8 Å². The Hall–Kier alpha value is -1.73. The van der Waals surface area contributed by atoms with Gasteiger partial charge < -0.3 is 5.32 Å². The zero-order valence-corrected chi connectivity index (χ0v) is 10.3. The highest BCUT2D eigenvalue weighted by molar-refractivity contribution is 6.30. The van der Waals surface area contributed by atoms with Gasteiger partial charge in [-0.3, -0.25) is 0 Å². The zero-order chi connectivity index (χ0) is 12.3. The number of pyridine rings is 1. The molecular formula is C12H13ClN4. The lowest BCUT2D eigenvalue weighted by atomic mass is 10.2. The van der Waals surface area contributed by atoms with Gasteiger partial charge in [0.15, 0.2) is 5.65 Å². The number of aromatic nitrogens is 3. The van der Waals surface area contributed by atoms with Crippen molar-refractivity contribution < 1.29 is 0 Å². The van der Waals surface area contributed by atoms with Crippen molar-refractivity contribution in [3.63, 3.8) is 0 Å². The maximum Gasteiger partial charge on any atom is 0.244 e. The second kappa shape index (κ2) is 5.07. The predicted molar refractivity (Wildman–Crippen MR) is 69.1 cm³/mol. The molecule has 0 fully saturated rings. The Labute approximate surface area is 105 Å². The number of hydrogen-bond acceptors (Lipinski definition) is 3. The standard InChI is InChI=1S/C12H13ClN4/c1-3-5-10(4-2)14-12-15-11-7-6-9(13)8-17(11)16-12/h2,6-8,10H,3,5H2,1H3,(H,14,16). The van der Waals surface area contributed by atoms with E-state index in [-0.39, 0.29) is 6.04 Å². The highest BCUT2D eigenvalue weighted by atomic mass is 35.5. The molecule has 0 bridgehead atoms. The lowest BCUT2D eigenvalue weighted by Gasteiger charge is -2.08. The summed E-state index contributed by atoms with van der Waals surface area (Å²) < 4.78 is 1.63. The summed E-state index contributed by atoms with van der Waals surface area (Å²) in [6.07, 6.45) is 9.05. The average Bonchev–Trinajstić information content (AvgIpc) is 2.69. The first-order chi connectivity index (χ1) is 8.22. The largest absolute Gasteiger partial charge is 0.339 e. The molecule has 0 aliphatic heterocycles. The number of anilines is 1. The normalized spacial score (nSPS) is 12.3. The van der Waals surface area contributed by atoms with E-state index >= 15 is 0 Å². The molecule has 0 saturated carbocycles. The molecule has 0 aliphatic carbocycles. The third-order valence-electron chi connectivity index (χ3n) is 2.38. The van der Waals surface area contributed by atoms with Crippen molar-refractivity contribution in [3.05, 3.63) is 23.4 Å². The van der Waals surface area contributed by atoms with Crippen LogP contribution in [0.15, 0.2) is 18.3 Å². The van der Waals surface area contributed by atoms with E-state index in [9.17, 15) is 0 Å². The maximum absolute atomic E-state index is 5.87. The van der Waals surface area contributed by atoms with Crippen LogP contribution >= 0.6 is 11.6 Å². The van der Waals surface area contributed by atoms with Crippen LogP contribution in [0, 0.1) is 12.3 Å². The monoisotopic (exact) mass is 248 g/mol. The Bertz CT molecular complexity index is 555. The lowest BCUT2D eigenvalue weighted by molar-refractivity contribution is 0.747. The van der Waals surface area contributed by atoms with E-state index in [0.29, 0.717) is 11.0 Å². The minimum atomic E-state index is -0.0344. The first-order valence-electron chi connectivity index (χ1n) is 5.47. The Balaban J connectivity index is 2.22. The predicted octanol–water partition coefficient (Wildman–Crippen LogP) is 2.60. The molecule has 2 aromatic rings. The van der Waals surface area contributed by atoms with Gasteiger partial charge in [-0.2, -0.15) is 4.98 Å². The van der Waals surface area contributed by atoms with Gasteiger partial charge >= 0.3 is 0 Å². The fourth-order valence-electron chi connectivity index (χ4n) is 1.56. The molecule has 0 spiro atoms. The summed E-state index contributed by atoms with van der Waals surface area (Å²) in [6.45, 7) is 2.09. The highest BCUT2D eigenvalue weighted by Gasteiger charge is 2.08. The summed E-state index contributed by atoms with van der Waals surface area (Å²) in [7, 11) is 0. The van der Waals surface area contributed by atoms with Gasteiger partial charge in [0.1, 0.15) is 0 Å². The van der Waals surface area contributed by atoms with E-state index in [4.69, 9.17) is 18.0 Å². The lowest BCUT2D eigenvalue weighted by Crippen LogP contribution is -2.17. The van der Waals surface area contributed by atoms with Crippen molar-refractivity contribution in [2.45, 2.75) is 25.8 Å². The summed E-state index contributed by atoms with van der Waals surface area (Å²) in [5.41, 5.74) is 0.740. The van der Waals surface area contributed by atoms with Gasteiger partial charge in [-0.1, -0.05) is 30.9 Å². The van der Waals surface area contributed by atoms with E-state index in [1.54, 1.807) is 16.8 Å². The molecule has 1 N–H and O–H groups in total. The van der Waals surface area contributed by atoms with Gasteiger partial charge in [0, 0.05) is 6.20 Å². The highest BCUT2D eigenvalue weighted by Crippen LogP contribution is 2.12. The number of nitrogens with zero attached hydrogens (tertiary/aromatic N) is 3. The molecule has 2 rings (SSSR count). The van der Waals surface area contributed by atoms with Gasteiger partial charge in [0.2, 0.25) is 5.95 Å². The van der Waals surface area contributed by atoms with Crippen LogP contribution in [0.4, 0.5) is 5.95 Å². The van der Waals surface area contributed by atoms with E-state index in [1.807, 2.05) is 6.07 Å². The molecular weight excluding hydrogens is 236 g/mol. The molecule has 4 nitrogen and oxygen atoms in total. The SMILES string of the molecule is C#CC(CCC)Nc1nc2ccc(Cl)cn2n1. The van der Waals surface area contributed by atoms with E-state index < -0.39 is 0 Å². The van der Waals surface area contributed by atoms with Crippen LogP contribution in [0.3, 0.4) is 0 Å². The Morgan fingerprint density at radius 1 is 1.59 bits per heavy atom. The molecule has 0 aliphatic rings. The van der Waals surface area contributed by atoms with Gasteiger partial charge in [-0.05, 0) is 18.6 Å². The van der Waals surface area contributed by atoms with Crippen molar-refractivity contribution in [1.29, 1.82) is 0 Å². The van der Waals surface area contributed by atoms with E-state index in [0.717, 1.165) is 18.5 Å². The minimum Gasteiger partial charge on any atom is -0.339 e. The molecule has 5 heteroatoms. The van der Waals surface area contributed by atoms with Crippen LogP contribution in [0.5, 0.6) is 0 Å². The van der Waals surface area contributed by atoms with E-state index in [1.165, 1.54) is 0 Å². The van der Waals surface area contributed by atoms with Gasteiger partial charge in [0.05, 0.1) is 11.1 Å². The Morgan fingerprint density at radius 2 is 2.41 bits per heavy atom.